The van der Waals surface area contributed by atoms with Crippen LogP contribution in [0.1, 0.15) is 39.2 Å². The summed E-state index contributed by atoms with van der Waals surface area (Å²) in [7, 11) is 0. The summed E-state index contributed by atoms with van der Waals surface area (Å²) in [5.74, 6) is 0.522. The standard InChI is InChI=1S/C39H41FN8O3/c1-4-48(32-10-11-34-33(19-32)37(45-44-34)29-9-12-35(41-20-29)51-25(2)3)39(50)30-13-16-46(23-30)24-36(49)47-17-14-27(15-18-47)26-5-7-28(8-6-26)38-42-21-31(40)22-43-38/h5-12,14,19-22,25,30H,4,13,15-18,23-24H2,1-3H3,(H,44,45)/t30-/m1/s1. The number of anilines is 1. The summed E-state index contributed by atoms with van der Waals surface area (Å²) in [4.78, 5) is 45.6. The summed E-state index contributed by atoms with van der Waals surface area (Å²) in [6, 6.07) is 17.6. The predicted octanol–water partition coefficient (Wildman–Crippen LogP) is 6.00. The molecule has 0 spiro atoms. The molecular formula is C39H41FN8O3. The van der Waals surface area contributed by atoms with Gasteiger partial charge in [0.05, 0.1) is 36.5 Å². The van der Waals surface area contributed by atoms with E-state index in [1.807, 2.05) is 85.2 Å². The molecule has 1 N–H and O–H groups in total. The SMILES string of the molecule is CCN(C(=O)[C@@H]1CCN(CC(=O)N2CC=C(c3ccc(-c4ncc(F)cn4)cc3)CC2)C1)c1ccc2[nH]nc(-c3ccc(OC(C)C)nc3)c2c1. The topological polar surface area (TPSA) is 120 Å². The van der Waals surface area contributed by atoms with E-state index in [2.05, 4.69) is 36.1 Å². The van der Waals surface area contributed by atoms with Gasteiger partial charge in [0, 0.05) is 60.6 Å². The third kappa shape index (κ3) is 7.51. The lowest BCUT2D eigenvalue weighted by Crippen LogP contribution is -2.42. The lowest BCUT2D eigenvalue weighted by atomic mass is 9.98. The molecule has 2 aromatic carbocycles. The highest BCUT2D eigenvalue weighted by Crippen LogP contribution is 2.32. The highest BCUT2D eigenvalue weighted by Gasteiger charge is 2.33. The number of rotatable bonds is 10. The highest BCUT2D eigenvalue weighted by molar-refractivity contribution is 6.00. The quantitative estimate of drug-likeness (QED) is 0.190. The van der Waals surface area contributed by atoms with E-state index in [4.69, 9.17) is 4.74 Å². The van der Waals surface area contributed by atoms with Crippen LogP contribution >= 0.6 is 0 Å². The van der Waals surface area contributed by atoms with Crippen molar-refractivity contribution in [1.82, 2.24) is 34.9 Å². The summed E-state index contributed by atoms with van der Waals surface area (Å²) >= 11 is 0. The van der Waals surface area contributed by atoms with Crippen molar-refractivity contribution in [2.75, 3.05) is 44.2 Å². The molecule has 0 saturated carbocycles. The Kier molecular flexibility index (Phi) is 9.85. The molecule has 11 nitrogen and oxygen atoms in total. The maximum absolute atomic E-state index is 13.9. The zero-order chi connectivity index (χ0) is 35.5. The normalized spacial score (nSPS) is 16.5. The van der Waals surface area contributed by atoms with Gasteiger partial charge in [0.15, 0.2) is 11.6 Å². The molecule has 2 amide bonds. The highest BCUT2D eigenvalue weighted by atomic mass is 19.1. The van der Waals surface area contributed by atoms with Crippen molar-refractivity contribution in [3.63, 3.8) is 0 Å². The number of fused-ring (bicyclic) bond motifs is 1. The Morgan fingerprint density at radius 2 is 1.75 bits per heavy atom. The smallest absolute Gasteiger partial charge is 0.237 e. The number of carbonyl (C=O) groups is 2. The Balaban J connectivity index is 0.949. The summed E-state index contributed by atoms with van der Waals surface area (Å²) in [5.41, 5.74) is 6.39. The Morgan fingerprint density at radius 1 is 0.980 bits per heavy atom. The van der Waals surface area contributed by atoms with Crippen LogP contribution in [0, 0.1) is 11.7 Å². The molecule has 1 atom stereocenters. The number of benzene rings is 2. The van der Waals surface area contributed by atoms with Crippen LogP contribution in [0.3, 0.4) is 0 Å². The Labute approximate surface area is 296 Å². The number of halogens is 1. The van der Waals surface area contributed by atoms with Crippen LogP contribution in [0.4, 0.5) is 10.1 Å². The van der Waals surface area contributed by atoms with E-state index in [1.165, 1.54) is 5.57 Å². The number of carbonyl (C=O) groups excluding carboxylic acids is 2. The summed E-state index contributed by atoms with van der Waals surface area (Å²) in [6.45, 7) is 9.16. The van der Waals surface area contributed by atoms with Gasteiger partial charge in [0.1, 0.15) is 5.69 Å². The van der Waals surface area contributed by atoms with Gasteiger partial charge >= 0.3 is 0 Å². The van der Waals surface area contributed by atoms with Crippen molar-refractivity contribution < 1.29 is 18.7 Å². The Morgan fingerprint density at radius 3 is 2.43 bits per heavy atom. The lowest BCUT2D eigenvalue weighted by molar-refractivity contribution is -0.132. The maximum atomic E-state index is 13.9. The van der Waals surface area contributed by atoms with Crippen LogP contribution in [0.2, 0.25) is 0 Å². The average molecular weight is 689 g/mol. The monoisotopic (exact) mass is 688 g/mol. The van der Waals surface area contributed by atoms with Crippen molar-refractivity contribution in [2.24, 2.45) is 5.92 Å². The molecule has 5 heterocycles. The maximum Gasteiger partial charge on any atom is 0.237 e. The van der Waals surface area contributed by atoms with Gasteiger partial charge in [-0.2, -0.15) is 5.10 Å². The van der Waals surface area contributed by atoms with E-state index >= 15 is 0 Å². The summed E-state index contributed by atoms with van der Waals surface area (Å²) in [6.07, 6.45) is 7.68. The molecule has 1 fully saturated rings. The number of aromatic nitrogens is 5. The number of aromatic amines is 1. The molecule has 0 radical (unpaired) electrons. The van der Waals surface area contributed by atoms with Gasteiger partial charge in [-0.15, -0.1) is 0 Å². The molecule has 2 aliphatic heterocycles. The molecule has 1 saturated heterocycles. The first-order valence-electron chi connectivity index (χ1n) is 17.5. The van der Waals surface area contributed by atoms with Crippen molar-refractivity contribution in [2.45, 2.75) is 39.7 Å². The fourth-order valence-electron chi connectivity index (χ4n) is 6.83. The Bertz CT molecular complexity index is 2040. The minimum Gasteiger partial charge on any atom is -0.475 e. The van der Waals surface area contributed by atoms with E-state index in [9.17, 15) is 14.0 Å². The molecule has 3 aromatic heterocycles. The molecule has 0 aliphatic carbocycles. The first kappa shape index (κ1) is 34.0. The average Bonchev–Trinajstić information content (AvgIpc) is 3.80. The zero-order valence-corrected chi connectivity index (χ0v) is 29.1. The zero-order valence-electron chi connectivity index (χ0n) is 29.1. The number of H-pyrrole nitrogens is 1. The number of likely N-dealkylation sites (tertiary alicyclic amines) is 1. The molecule has 2 aliphatic rings. The second kappa shape index (κ2) is 14.8. The fourth-order valence-corrected chi connectivity index (χ4v) is 6.83. The van der Waals surface area contributed by atoms with Gasteiger partial charge in [-0.25, -0.2) is 19.3 Å². The minimum atomic E-state index is -0.466. The largest absolute Gasteiger partial charge is 0.475 e. The second-order valence-electron chi connectivity index (χ2n) is 13.3. The number of amides is 2. The van der Waals surface area contributed by atoms with Crippen molar-refractivity contribution >= 4 is 34.0 Å². The van der Waals surface area contributed by atoms with Crippen LogP contribution in [0.5, 0.6) is 5.88 Å². The molecule has 12 heteroatoms. The van der Waals surface area contributed by atoms with Gasteiger partial charge in [-0.05, 0) is 75.6 Å². The Hall–Kier alpha value is -5.49. The lowest BCUT2D eigenvalue weighted by Gasteiger charge is -2.29. The van der Waals surface area contributed by atoms with Crippen molar-refractivity contribution in [3.8, 4) is 28.5 Å². The third-order valence-electron chi connectivity index (χ3n) is 9.48. The van der Waals surface area contributed by atoms with Gasteiger partial charge in [-0.3, -0.25) is 19.6 Å². The van der Waals surface area contributed by atoms with E-state index in [0.717, 1.165) is 57.8 Å². The van der Waals surface area contributed by atoms with Crippen molar-refractivity contribution in [1.29, 1.82) is 0 Å². The number of ether oxygens (including phenoxy) is 1. The van der Waals surface area contributed by atoms with Gasteiger partial charge < -0.3 is 14.5 Å². The molecule has 5 aromatic rings. The predicted molar refractivity (Wildman–Crippen MR) is 194 cm³/mol. The number of nitrogens with one attached hydrogen (secondary N) is 1. The van der Waals surface area contributed by atoms with E-state index in [-0.39, 0.29) is 23.8 Å². The summed E-state index contributed by atoms with van der Waals surface area (Å²) in [5, 5.41) is 8.56. The van der Waals surface area contributed by atoms with Crippen LogP contribution in [-0.2, 0) is 9.59 Å². The van der Waals surface area contributed by atoms with Crippen molar-refractivity contribution in [3.05, 3.63) is 90.6 Å². The van der Waals surface area contributed by atoms with Crippen LogP contribution in [0.25, 0.3) is 39.1 Å². The summed E-state index contributed by atoms with van der Waals surface area (Å²) < 4.78 is 18.9. The van der Waals surface area contributed by atoms with Crippen LogP contribution in [-0.4, -0.2) is 92.1 Å². The van der Waals surface area contributed by atoms with E-state index in [0.29, 0.717) is 57.4 Å². The number of nitrogens with zero attached hydrogens (tertiary/aromatic N) is 7. The fraction of sp³-hybridized carbons (Fsp3) is 0.333. The first-order chi connectivity index (χ1) is 24.7. The van der Waals surface area contributed by atoms with Gasteiger partial charge in [-0.1, -0.05) is 30.3 Å². The minimum absolute atomic E-state index is 0.0350. The molecule has 51 heavy (non-hydrogen) atoms. The van der Waals surface area contributed by atoms with Gasteiger partial charge in [0.25, 0.3) is 0 Å². The number of hydrogen-bond acceptors (Lipinski definition) is 8. The number of hydrogen-bond donors (Lipinski definition) is 1. The van der Waals surface area contributed by atoms with Crippen LogP contribution < -0.4 is 9.64 Å². The van der Waals surface area contributed by atoms with E-state index < -0.39 is 5.82 Å². The number of pyridine rings is 1. The third-order valence-corrected chi connectivity index (χ3v) is 9.48. The molecule has 262 valence electrons. The second-order valence-corrected chi connectivity index (χ2v) is 13.3. The molecule has 7 rings (SSSR count). The first-order valence-corrected chi connectivity index (χ1v) is 17.5. The van der Waals surface area contributed by atoms with Gasteiger partial charge in [0.2, 0.25) is 17.7 Å². The molecular weight excluding hydrogens is 647 g/mol. The molecule has 0 unspecified atom stereocenters. The van der Waals surface area contributed by atoms with Crippen LogP contribution in [0.15, 0.2) is 79.3 Å². The van der Waals surface area contributed by atoms with E-state index in [1.54, 1.807) is 6.20 Å². The molecule has 0 bridgehead atoms.